The van der Waals surface area contributed by atoms with Crippen LogP contribution in [0, 0.1) is 13.8 Å². The van der Waals surface area contributed by atoms with Crippen LogP contribution in [0.1, 0.15) is 54.7 Å². The van der Waals surface area contributed by atoms with Crippen molar-refractivity contribution in [1.29, 1.82) is 0 Å². The van der Waals surface area contributed by atoms with Gasteiger partial charge < -0.3 is 4.52 Å². The van der Waals surface area contributed by atoms with E-state index in [-0.39, 0.29) is 11.3 Å². The lowest BCUT2D eigenvalue weighted by Gasteiger charge is -2.22. The maximum atomic E-state index is 5.68. The summed E-state index contributed by atoms with van der Waals surface area (Å²) >= 11 is 5.68. The Balaban J connectivity index is 2.33. The molecule has 1 aromatic heterocycles. The number of nitrogens with zero attached hydrogens (tertiary/aromatic N) is 2. The van der Waals surface area contributed by atoms with Crippen molar-refractivity contribution in [3.8, 4) is 0 Å². The molecule has 0 spiro atoms. The number of hydrogen-bond acceptors (Lipinski definition) is 3. The number of aromatic nitrogens is 2. The second-order valence-corrected chi connectivity index (χ2v) is 6.52. The highest BCUT2D eigenvalue weighted by Crippen LogP contribution is 2.27. The Morgan fingerprint density at radius 3 is 2.20 bits per heavy atom. The summed E-state index contributed by atoms with van der Waals surface area (Å²) in [5.41, 5.74) is 5.32. The third kappa shape index (κ3) is 3.21. The Labute approximate surface area is 125 Å². The minimum Gasteiger partial charge on any atom is -0.338 e. The van der Waals surface area contributed by atoms with Gasteiger partial charge >= 0.3 is 0 Å². The van der Waals surface area contributed by atoms with E-state index >= 15 is 0 Å². The number of halogens is 1. The molecule has 3 nitrogen and oxygen atoms in total. The smallest absolute Gasteiger partial charge is 0.241 e. The van der Waals surface area contributed by atoms with Crippen molar-refractivity contribution in [3.63, 3.8) is 0 Å². The SMILES string of the molecule is Cc1cc(C(C)(C)C)cc(C)c1Cc1noc(CCl)n1. The van der Waals surface area contributed by atoms with Gasteiger partial charge in [0.1, 0.15) is 5.88 Å². The van der Waals surface area contributed by atoms with Gasteiger partial charge in [-0.1, -0.05) is 38.1 Å². The van der Waals surface area contributed by atoms with Crippen LogP contribution in [0.5, 0.6) is 0 Å². The van der Waals surface area contributed by atoms with Gasteiger partial charge in [0.2, 0.25) is 5.89 Å². The number of aryl methyl sites for hydroxylation is 2. The molecule has 0 aliphatic rings. The van der Waals surface area contributed by atoms with Crippen molar-refractivity contribution in [2.75, 3.05) is 0 Å². The van der Waals surface area contributed by atoms with Gasteiger partial charge in [0.05, 0.1) is 0 Å². The van der Waals surface area contributed by atoms with Crippen LogP contribution in [0.4, 0.5) is 0 Å². The quantitative estimate of drug-likeness (QED) is 0.791. The Kier molecular flexibility index (Phi) is 4.19. The maximum absolute atomic E-state index is 5.68. The van der Waals surface area contributed by atoms with Gasteiger partial charge in [-0.05, 0) is 41.5 Å². The highest BCUT2D eigenvalue weighted by Gasteiger charge is 2.17. The fraction of sp³-hybridized carbons (Fsp3) is 0.500. The van der Waals surface area contributed by atoms with Crippen LogP contribution in [0.3, 0.4) is 0 Å². The first kappa shape index (κ1) is 15.0. The van der Waals surface area contributed by atoms with E-state index in [4.69, 9.17) is 16.1 Å². The molecule has 0 radical (unpaired) electrons. The summed E-state index contributed by atoms with van der Waals surface area (Å²) in [6.07, 6.45) is 0.683. The van der Waals surface area contributed by atoms with E-state index in [0.717, 1.165) is 0 Å². The molecule has 0 N–H and O–H groups in total. The summed E-state index contributed by atoms with van der Waals surface area (Å²) in [5, 5.41) is 3.97. The molecule has 1 heterocycles. The van der Waals surface area contributed by atoms with E-state index in [0.29, 0.717) is 18.1 Å². The fourth-order valence-electron chi connectivity index (χ4n) is 2.28. The number of benzene rings is 1. The summed E-state index contributed by atoms with van der Waals surface area (Å²) in [6.45, 7) is 11.0. The van der Waals surface area contributed by atoms with Crippen LogP contribution in [0.25, 0.3) is 0 Å². The zero-order valence-corrected chi connectivity index (χ0v) is 13.5. The summed E-state index contributed by atoms with van der Waals surface area (Å²) in [4.78, 5) is 4.27. The van der Waals surface area contributed by atoms with Crippen molar-refractivity contribution >= 4 is 11.6 Å². The molecule has 108 valence electrons. The summed E-state index contributed by atoms with van der Waals surface area (Å²) in [5.74, 6) is 1.42. The van der Waals surface area contributed by atoms with E-state index in [2.05, 4.69) is 56.9 Å². The topological polar surface area (TPSA) is 38.9 Å². The van der Waals surface area contributed by atoms with Crippen LogP contribution in [0.2, 0.25) is 0 Å². The van der Waals surface area contributed by atoms with E-state index in [9.17, 15) is 0 Å². The van der Waals surface area contributed by atoms with Crippen molar-refractivity contribution in [1.82, 2.24) is 10.1 Å². The average Bonchev–Trinajstić information content (AvgIpc) is 2.80. The van der Waals surface area contributed by atoms with E-state index in [1.807, 2.05) is 0 Å². The largest absolute Gasteiger partial charge is 0.338 e. The molecule has 20 heavy (non-hydrogen) atoms. The molecule has 2 aromatic rings. The Morgan fingerprint density at radius 1 is 1.15 bits per heavy atom. The summed E-state index contributed by atoms with van der Waals surface area (Å²) < 4.78 is 5.05. The molecule has 1 aromatic carbocycles. The molecule has 0 saturated heterocycles. The second kappa shape index (κ2) is 5.57. The third-order valence-electron chi connectivity index (χ3n) is 3.52. The zero-order chi connectivity index (χ0) is 14.9. The maximum Gasteiger partial charge on any atom is 0.241 e. The monoisotopic (exact) mass is 292 g/mol. The zero-order valence-electron chi connectivity index (χ0n) is 12.7. The van der Waals surface area contributed by atoms with Crippen molar-refractivity contribution in [2.45, 2.75) is 52.3 Å². The number of alkyl halides is 1. The van der Waals surface area contributed by atoms with Gasteiger partial charge in [-0.3, -0.25) is 0 Å². The number of hydrogen-bond donors (Lipinski definition) is 0. The van der Waals surface area contributed by atoms with Gasteiger partial charge in [0.15, 0.2) is 5.82 Å². The molecule has 2 rings (SSSR count). The third-order valence-corrected chi connectivity index (χ3v) is 3.75. The van der Waals surface area contributed by atoms with Crippen molar-refractivity contribution in [2.24, 2.45) is 0 Å². The van der Waals surface area contributed by atoms with E-state index in [1.165, 1.54) is 22.3 Å². The highest BCUT2D eigenvalue weighted by molar-refractivity contribution is 6.16. The Hall–Kier alpha value is -1.35. The lowest BCUT2D eigenvalue weighted by Crippen LogP contribution is -2.12. The lowest BCUT2D eigenvalue weighted by molar-refractivity contribution is 0.385. The van der Waals surface area contributed by atoms with Crippen molar-refractivity contribution in [3.05, 3.63) is 46.1 Å². The first-order chi connectivity index (χ1) is 9.31. The van der Waals surface area contributed by atoms with Crippen LogP contribution in [-0.4, -0.2) is 10.1 Å². The van der Waals surface area contributed by atoms with Crippen LogP contribution in [-0.2, 0) is 17.7 Å². The van der Waals surface area contributed by atoms with Crippen LogP contribution >= 0.6 is 11.6 Å². The molecule has 0 amide bonds. The van der Waals surface area contributed by atoms with Gasteiger partial charge in [-0.15, -0.1) is 11.6 Å². The molecule has 0 saturated carbocycles. The normalized spacial score (nSPS) is 11.9. The first-order valence-corrected chi connectivity index (χ1v) is 7.32. The van der Waals surface area contributed by atoms with E-state index < -0.39 is 0 Å². The molecule has 0 bridgehead atoms. The summed E-state index contributed by atoms with van der Waals surface area (Å²) in [7, 11) is 0. The molecular formula is C16H21ClN2O. The van der Waals surface area contributed by atoms with Crippen molar-refractivity contribution < 1.29 is 4.52 Å². The minimum atomic E-state index is 0.159. The molecular weight excluding hydrogens is 272 g/mol. The fourth-order valence-corrected chi connectivity index (χ4v) is 2.39. The molecule has 0 fully saturated rings. The Morgan fingerprint density at radius 2 is 1.75 bits per heavy atom. The molecule has 0 aliphatic heterocycles. The molecule has 0 atom stereocenters. The molecule has 0 unspecified atom stereocenters. The standard InChI is InChI=1S/C16H21ClN2O/c1-10-6-12(16(3,4)5)7-11(2)13(10)8-14-18-15(9-17)20-19-14/h6-7H,8-9H2,1-5H3. The lowest BCUT2D eigenvalue weighted by atomic mass is 9.83. The van der Waals surface area contributed by atoms with Gasteiger partial charge in [-0.25, -0.2) is 0 Å². The first-order valence-electron chi connectivity index (χ1n) is 6.79. The van der Waals surface area contributed by atoms with Gasteiger partial charge in [-0.2, -0.15) is 4.98 Å². The Bertz CT molecular complexity index is 588. The second-order valence-electron chi connectivity index (χ2n) is 6.25. The predicted molar refractivity (Wildman–Crippen MR) is 81.3 cm³/mol. The predicted octanol–water partition coefficient (Wildman–Crippen LogP) is 4.31. The van der Waals surface area contributed by atoms with Gasteiger partial charge in [0, 0.05) is 6.42 Å². The van der Waals surface area contributed by atoms with Crippen LogP contribution < -0.4 is 0 Å². The van der Waals surface area contributed by atoms with Crippen LogP contribution in [0.15, 0.2) is 16.7 Å². The van der Waals surface area contributed by atoms with E-state index in [1.54, 1.807) is 0 Å². The minimum absolute atomic E-state index is 0.159. The number of rotatable bonds is 3. The molecule has 4 heteroatoms. The molecule has 0 aliphatic carbocycles. The average molecular weight is 293 g/mol. The highest BCUT2D eigenvalue weighted by atomic mass is 35.5. The van der Waals surface area contributed by atoms with Gasteiger partial charge in [0.25, 0.3) is 0 Å². The summed E-state index contributed by atoms with van der Waals surface area (Å²) in [6, 6.07) is 4.51.